The van der Waals surface area contributed by atoms with Crippen molar-refractivity contribution in [3.8, 4) is 0 Å². The Morgan fingerprint density at radius 3 is 2.00 bits per heavy atom. The van der Waals surface area contributed by atoms with Crippen LogP contribution in [0.4, 0.5) is 0 Å². The number of hydrogen-bond donors (Lipinski definition) is 0. The Bertz CT molecular complexity index is 272. The Hall–Kier alpha value is -0.0800. The fourth-order valence-corrected chi connectivity index (χ4v) is 3.63. The summed E-state index contributed by atoms with van der Waals surface area (Å²) in [4.78, 5) is 5.43. The minimum atomic E-state index is 0.347. The van der Waals surface area contributed by atoms with Gasteiger partial charge in [0.2, 0.25) is 0 Å². The van der Waals surface area contributed by atoms with Crippen LogP contribution in [-0.4, -0.2) is 46.6 Å². The van der Waals surface area contributed by atoms with Crippen LogP contribution in [0.25, 0.3) is 0 Å². The predicted octanol–water partition coefficient (Wildman–Crippen LogP) is 2.98. The molecule has 0 aliphatic carbocycles. The van der Waals surface area contributed by atoms with E-state index < -0.39 is 0 Å². The Kier molecular flexibility index (Phi) is 3.33. The van der Waals surface area contributed by atoms with Crippen LogP contribution in [-0.2, 0) is 0 Å². The third-order valence-electron chi connectivity index (χ3n) is 4.65. The lowest BCUT2D eigenvalue weighted by Crippen LogP contribution is -2.55. The summed E-state index contributed by atoms with van der Waals surface area (Å²) in [6.45, 7) is 18.0. The maximum atomic E-state index is 2.75. The van der Waals surface area contributed by atoms with Gasteiger partial charge in [-0.3, -0.25) is 9.80 Å². The summed E-state index contributed by atoms with van der Waals surface area (Å²) in [6, 6.07) is 0.841. The van der Waals surface area contributed by atoms with Gasteiger partial charge in [-0.2, -0.15) is 0 Å². The van der Waals surface area contributed by atoms with Gasteiger partial charge >= 0.3 is 0 Å². The highest BCUT2D eigenvalue weighted by atomic mass is 15.3. The Balaban J connectivity index is 2.03. The molecule has 0 aromatic carbocycles. The minimum Gasteiger partial charge on any atom is -0.298 e. The zero-order valence-electron chi connectivity index (χ0n) is 12.6. The van der Waals surface area contributed by atoms with Crippen LogP contribution in [0, 0.1) is 5.92 Å². The van der Waals surface area contributed by atoms with Gasteiger partial charge in [0, 0.05) is 30.2 Å². The molecule has 0 aromatic rings. The van der Waals surface area contributed by atoms with Gasteiger partial charge in [0.25, 0.3) is 0 Å². The average molecular weight is 238 g/mol. The van der Waals surface area contributed by atoms with E-state index in [1.807, 2.05) is 0 Å². The monoisotopic (exact) mass is 238 g/mol. The number of likely N-dealkylation sites (tertiary alicyclic amines) is 2. The Morgan fingerprint density at radius 1 is 0.824 bits per heavy atom. The fraction of sp³-hybridized carbons (Fsp3) is 1.00. The first-order chi connectivity index (χ1) is 7.69. The van der Waals surface area contributed by atoms with Gasteiger partial charge in [-0.1, -0.05) is 0 Å². The van der Waals surface area contributed by atoms with Crippen LogP contribution >= 0.6 is 0 Å². The van der Waals surface area contributed by atoms with Crippen LogP contribution < -0.4 is 0 Å². The van der Waals surface area contributed by atoms with Crippen LogP contribution in [0.3, 0.4) is 0 Å². The van der Waals surface area contributed by atoms with Crippen molar-refractivity contribution in [2.45, 2.75) is 71.5 Å². The summed E-state index contributed by atoms with van der Waals surface area (Å²) in [5.41, 5.74) is 0.698. The Morgan fingerprint density at radius 2 is 1.47 bits per heavy atom. The summed E-state index contributed by atoms with van der Waals surface area (Å²) in [5, 5.41) is 0. The zero-order valence-corrected chi connectivity index (χ0v) is 12.6. The van der Waals surface area contributed by atoms with Gasteiger partial charge in [-0.25, -0.2) is 0 Å². The summed E-state index contributed by atoms with van der Waals surface area (Å²) in [7, 11) is 0. The fourth-order valence-electron chi connectivity index (χ4n) is 3.63. The average Bonchev–Trinajstić information content (AvgIpc) is 2.57. The molecule has 0 saturated carbocycles. The van der Waals surface area contributed by atoms with Crippen molar-refractivity contribution in [2.24, 2.45) is 5.92 Å². The highest BCUT2D eigenvalue weighted by molar-refractivity contribution is 4.98. The Labute approximate surface area is 107 Å². The molecule has 2 aliphatic heterocycles. The van der Waals surface area contributed by atoms with Gasteiger partial charge in [-0.15, -0.1) is 0 Å². The lowest BCUT2D eigenvalue weighted by molar-refractivity contribution is 0.0235. The van der Waals surface area contributed by atoms with E-state index in [9.17, 15) is 0 Å². The van der Waals surface area contributed by atoms with Crippen LogP contribution in [0.2, 0.25) is 0 Å². The van der Waals surface area contributed by atoms with Gasteiger partial charge in [0.1, 0.15) is 0 Å². The summed E-state index contributed by atoms with van der Waals surface area (Å²) >= 11 is 0. The molecule has 2 nitrogen and oxygen atoms in total. The molecule has 0 aromatic heterocycles. The van der Waals surface area contributed by atoms with Crippen molar-refractivity contribution in [2.75, 3.05) is 19.6 Å². The topological polar surface area (TPSA) is 6.48 Å². The first kappa shape index (κ1) is 13.4. The molecule has 2 saturated heterocycles. The molecule has 100 valence electrons. The van der Waals surface area contributed by atoms with Crippen molar-refractivity contribution in [1.82, 2.24) is 9.80 Å². The van der Waals surface area contributed by atoms with E-state index >= 15 is 0 Å². The summed E-state index contributed by atoms with van der Waals surface area (Å²) in [5.74, 6) is 0.905. The number of rotatable bonds is 0. The normalized spacial score (nSPS) is 32.8. The second kappa shape index (κ2) is 4.24. The van der Waals surface area contributed by atoms with Gasteiger partial charge in [-0.05, 0) is 66.8 Å². The van der Waals surface area contributed by atoms with Crippen molar-refractivity contribution in [1.29, 1.82) is 0 Å². The third kappa shape index (κ3) is 2.68. The van der Waals surface area contributed by atoms with Crippen LogP contribution in [0.1, 0.15) is 54.4 Å². The van der Waals surface area contributed by atoms with E-state index in [-0.39, 0.29) is 0 Å². The quantitative estimate of drug-likeness (QED) is 0.640. The molecular weight excluding hydrogens is 208 g/mol. The zero-order chi connectivity index (χ0) is 12.8. The van der Waals surface area contributed by atoms with Crippen molar-refractivity contribution in [3.05, 3.63) is 0 Å². The summed E-state index contributed by atoms with van der Waals surface area (Å²) < 4.78 is 0. The molecule has 17 heavy (non-hydrogen) atoms. The molecule has 0 spiro atoms. The lowest BCUT2D eigenvalue weighted by Gasteiger charge is -2.46. The molecule has 2 aliphatic rings. The molecule has 0 amide bonds. The molecule has 2 heterocycles. The van der Waals surface area contributed by atoms with Gasteiger partial charge < -0.3 is 0 Å². The van der Waals surface area contributed by atoms with Gasteiger partial charge in [0.05, 0.1) is 0 Å². The maximum Gasteiger partial charge on any atom is 0.0154 e. The van der Waals surface area contributed by atoms with Crippen molar-refractivity contribution >= 4 is 0 Å². The number of nitrogens with zero attached hydrogens (tertiary/aromatic N) is 2. The van der Waals surface area contributed by atoms with E-state index in [2.05, 4.69) is 51.3 Å². The molecular formula is C15H30N2. The standard InChI is InChI=1S/C15H30N2/c1-14(2,3)16-9-8-13-12(11-16)7-10-17(13)15(4,5)6/h12-13H,7-11H2,1-6H3/t12-,13+/m1/s1. The van der Waals surface area contributed by atoms with E-state index in [0.717, 1.165) is 12.0 Å². The highest BCUT2D eigenvalue weighted by Gasteiger charge is 2.43. The van der Waals surface area contributed by atoms with E-state index in [1.165, 1.54) is 32.5 Å². The number of piperidine rings is 1. The lowest BCUT2D eigenvalue weighted by atomic mass is 9.88. The second-order valence-electron chi connectivity index (χ2n) is 7.89. The maximum absolute atomic E-state index is 2.75. The van der Waals surface area contributed by atoms with E-state index in [0.29, 0.717) is 11.1 Å². The van der Waals surface area contributed by atoms with E-state index in [1.54, 1.807) is 0 Å². The smallest absolute Gasteiger partial charge is 0.0154 e. The van der Waals surface area contributed by atoms with Crippen molar-refractivity contribution < 1.29 is 0 Å². The second-order valence-corrected chi connectivity index (χ2v) is 7.89. The molecule has 2 atom stereocenters. The predicted molar refractivity (Wildman–Crippen MR) is 74.3 cm³/mol. The largest absolute Gasteiger partial charge is 0.298 e. The minimum absolute atomic E-state index is 0.347. The summed E-state index contributed by atoms with van der Waals surface area (Å²) in [6.07, 6.45) is 2.76. The highest BCUT2D eigenvalue weighted by Crippen LogP contribution is 2.37. The van der Waals surface area contributed by atoms with Crippen LogP contribution in [0.5, 0.6) is 0 Å². The van der Waals surface area contributed by atoms with Gasteiger partial charge in [0.15, 0.2) is 0 Å². The SMILES string of the molecule is CC(C)(C)N1CC[C@H]2[C@H](CCN2C(C)(C)C)C1. The molecule has 0 unspecified atom stereocenters. The molecule has 0 bridgehead atoms. The third-order valence-corrected chi connectivity index (χ3v) is 4.65. The number of hydrogen-bond acceptors (Lipinski definition) is 2. The molecule has 2 fully saturated rings. The first-order valence-corrected chi connectivity index (χ1v) is 7.21. The van der Waals surface area contributed by atoms with E-state index in [4.69, 9.17) is 0 Å². The van der Waals surface area contributed by atoms with Crippen molar-refractivity contribution in [3.63, 3.8) is 0 Å². The number of fused-ring (bicyclic) bond motifs is 1. The molecule has 2 heteroatoms. The molecule has 0 N–H and O–H groups in total. The molecule has 0 radical (unpaired) electrons. The van der Waals surface area contributed by atoms with Crippen LogP contribution in [0.15, 0.2) is 0 Å². The first-order valence-electron chi connectivity index (χ1n) is 7.21. The molecule has 2 rings (SSSR count).